The maximum atomic E-state index is 12.8. The number of ether oxygens (including phenoxy) is 1. The molecular weight excluding hydrogens is 500 g/mol. The molecule has 0 fully saturated rings. The number of benzene rings is 3. The van der Waals surface area contributed by atoms with Gasteiger partial charge in [-0.05, 0) is 65.1 Å². The number of aromatic amines is 1. The number of carbonyl (C=O) groups excluding carboxylic acids is 2. The minimum Gasteiger partial charge on any atom is -0.489 e. The molecule has 3 aromatic carbocycles. The Morgan fingerprint density at radius 1 is 0.949 bits per heavy atom. The van der Waals surface area contributed by atoms with Gasteiger partial charge < -0.3 is 19.1 Å². The van der Waals surface area contributed by atoms with E-state index in [-0.39, 0.29) is 24.9 Å². The molecule has 0 aliphatic rings. The number of aryl methyl sites for hydroxylation is 1. The lowest BCUT2D eigenvalue weighted by Gasteiger charge is -2.20. The van der Waals surface area contributed by atoms with Crippen LogP contribution >= 0.6 is 0 Å². The standard InChI is InChI=1S/C29H30N4O6/c1-19-14-23(27(35)32(4)17-26(34)31(2)3)10-13-25(19)22-7-5-6-21(15-22)18-38-24-11-8-20(9-12-24)16-33-28(36)30-29(37)39-33/h5-15H,16-18H2,1-4H3,(H,30,36,37). The molecule has 0 aliphatic heterocycles. The van der Waals surface area contributed by atoms with E-state index in [0.717, 1.165) is 32.6 Å². The van der Waals surface area contributed by atoms with Gasteiger partial charge in [0.2, 0.25) is 5.91 Å². The van der Waals surface area contributed by atoms with Crippen molar-refractivity contribution in [1.82, 2.24) is 19.5 Å². The molecule has 0 radical (unpaired) electrons. The first kappa shape index (κ1) is 27.2. The van der Waals surface area contributed by atoms with Crippen LogP contribution in [-0.4, -0.2) is 59.0 Å². The zero-order valence-electron chi connectivity index (χ0n) is 22.3. The van der Waals surface area contributed by atoms with Crippen molar-refractivity contribution in [2.75, 3.05) is 27.7 Å². The Bertz CT molecular complexity index is 1600. The zero-order chi connectivity index (χ0) is 28.1. The summed E-state index contributed by atoms with van der Waals surface area (Å²) in [6.07, 6.45) is 0. The maximum Gasteiger partial charge on any atom is 0.440 e. The first-order valence-corrected chi connectivity index (χ1v) is 12.3. The molecule has 0 unspecified atom stereocenters. The van der Waals surface area contributed by atoms with Gasteiger partial charge in [0.05, 0.1) is 13.1 Å². The first-order chi connectivity index (χ1) is 18.6. The summed E-state index contributed by atoms with van der Waals surface area (Å²) < 4.78 is 11.7. The summed E-state index contributed by atoms with van der Waals surface area (Å²) in [5.74, 6) is -0.485. The number of H-pyrrole nitrogens is 1. The van der Waals surface area contributed by atoms with E-state index in [9.17, 15) is 19.2 Å². The smallest absolute Gasteiger partial charge is 0.440 e. The monoisotopic (exact) mass is 530 g/mol. The number of carbonyl (C=O) groups is 2. The Balaban J connectivity index is 1.40. The predicted octanol–water partition coefficient (Wildman–Crippen LogP) is 2.89. The van der Waals surface area contributed by atoms with Crippen LogP contribution in [0.2, 0.25) is 0 Å². The third kappa shape index (κ3) is 6.72. The number of amides is 2. The van der Waals surface area contributed by atoms with Crippen molar-refractivity contribution in [2.24, 2.45) is 0 Å². The fourth-order valence-corrected chi connectivity index (χ4v) is 4.03. The molecule has 0 spiro atoms. The average molecular weight is 531 g/mol. The minimum absolute atomic E-state index is 0.0163. The van der Waals surface area contributed by atoms with Crippen molar-refractivity contribution in [2.45, 2.75) is 20.1 Å². The molecule has 4 aromatic rings. The van der Waals surface area contributed by atoms with Gasteiger partial charge in [0.1, 0.15) is 12.4 Å². The summed E-state index contributed by atoms with van der Waals surface area (Å²) in [5.41, 5.74) is 4.62. The van der Waals surface area contributed by atoms with Crippen LogP contribution in [0.25, 0.3) is 11.1 Å². The lowest BCUT2D eigenvalue weighted by Crippen LogP contribution is -2.37. The summed E-state index contributed by atoms with van der Waals surface area (Å²) in [5, 5.41) is 0. The van der Waals surface area contributed by atoms with E-state index >= 15 is 0 Å². The molecule has 0 aliphatic carbocycles. The molecule has 0 bridgehead atoms. The topological polar surface area (TPSA) is 118 Å². The van der Waals surface area contributed by atoms with Gasteiger partial charge in [-0.1, -0.05) is 36.4 Å². The highest BCUT2D eigenvalue weighted by Gasteiger charge is 2.17. The molecule has 2 amide bonds. The van der Waals surface area contributed by atoms with E-state index in [4.69, 9.17) is 9.26 Å². The zero-order valence-corrected chi connectivity index (χ0v) is 22.3. The van der Waals surface area contributed by atoms with Crippen LogP contribution in [0, 0.1) is 6.92 Å². The van der Waals surface area contributed by atoms with Gasteiger partial charge in [0.15, 0.2) is 0 Å². The Labute approximate surface area is 225 Å². The fraction of sp³-hybridized carbons (Fsp3) is 0.241. The Hall–Kier alpha value is -4.86. The molecular formula is C29H30N4O6. The molecule has 1 N–H and O–H groups in total. The van der Waals surface area contributed by atoms with Crippen LogP contribution in [0.1, 0.15) is 27.0 Å². The van der Waals surface area contributed by atoms with Gasteiger partial charge in [0.25, 0.3) is 5.91 Å². The van der Waals surface area contributed by atoms with Gasteiger partial charge in [-0.3, -0.25) is 9.59 Å². The maximum absolute atomic E-state index is 12.8. The minimum atomic E-state index is -0.789. The van der Waals surface area contributed by atoms with Gasteiger partial charge >= 0.3 is 11.4 Å². The van der Waals surface area contributed by atoms with Gasteiger partial charge in [0, 0.05) is 26.7 Å². The molecule has 39 heavy (non-hydrogen) atoms. The van der Waals surface area contributed by atoms with E-state index in [1.807, 2.05) is 48.3 Å². The second-order valence-electron chi connectivity index (χ2n) is 9.46. The summed E-state index contributed by atoms with van der Waals surface area (Å²) in [4.78, 5) is 52.4. The summed E-state index contributed by atoms with van der Waals surface area (Å²) in [6.45, 7) is 2.45. The van der Waals surface area contributed by atoms with Crippen LogP contribution in [0.15, 0.2) is 80.8 Å². The van der Waals surface area contributed by atoms with Crippen molar-refractivity contribution < 1.29 is 18.8 Å². The van der Waals surface area contributed by atoms with Crippen molar-refractivity contribution >= 4 is 11.8 Å². The summed E-state index contributed by atoms with van der Waals surface area (Å²) >= 11 is 0. The Morgan fingerprint density at radius 2 is 1.69 bits per heavy atom. The fourth-order valence-electron chi connectivity index (χ4n) is 4.03. The SMILES string of the molecule is Cc1cc(C(=O)N(C)CC(=O)N(C)C)ccc1-c1cccc(COc2ccc(Cn3oc(=O)[nH]c3=O)cc2)c1. The third-order valence-corrected chi connectivity index (χ3v) is 6.21. The van der Waals surface area contributed by atoms with Crippen LogP contribution < -0.4 is 16.2 Å². The number of rotatable bonds is 9. The van der Waals surface area contributed by atoms with Crippen molar-refractivity contribution in [3.05, 3.63) is 110 Å². The second-order valence-corrected chi connectivity index (χ2v) is 9.46. The number of nitrogens with zero attached hydrogens (tertiary/aromatic N) is 3. The van der Waals surface area contributed by atoms with Gasteiger partial charge in [-0.2, -0.15) is 0 Å². The normalized spacial score (nSPS) is 10.8. The number of likely N-dealkylation sites (N-methyl/N-ethyl adjacent to an activating group) is 2. The van der Waals surface area contributed by atoms with E-state index < -0.39 is 11.4 Å². The van der Waals surface area contributed by atoms with E-state index in [1.165, 1.54) is 9.80 Å². The lowest BCUT2D eigenvalue weighted by atomic mass is 9.97. The average Bonchev–Trinajstić information content (AvgIpc) is 3.23. The largest absolute Gasteiger partial charge is 0.489 e. The summed E-state index contributed by atoms with van der Waals surface area (Å²) in [7, 11) is 4.94. The van der Waals surface area contributed by atoms with E-state index in [2.05, 4.69) is 0 Å². The van der Waals surface area contributed by atoms with E-state index in [0.29, 0.717) is 17.9 Å². The first-order valence-electron chi connectivity index (χ1n) is 12.3. The number of nitrogens with one attached hydrogen (secondary N) is 1. The van der Waals surface area contributed by atoms with Crippen LogP contribution in [0.4, 0.5) is 0 Å². The number of aromatic nitrogens is 2. The van der Waals surface area contributed by atoms with Crippen LogP contribution in [0.5, 0.6) is 5.75 Å². The number of hydrogen-bond donors (Lipinski definition) is 1. The van der Waals surface area contributed by atoms with Crippen LogP contribution in [0.3, 0.4) is 0 Å². The molecule has 0 saturated heterocycles. The quantitative estimate of drug-likeness (QED) is 0.356. The van der Waals surface area contributed by atoms with Crippen molar-refractivity contribution in [3.8, 4) is 16.9 Å². The second kappa shape index (κ2) is 11.7. The lowest BCUT2D eigenvalue weighted by molar-refractivity contribution is -0.129. The molecule has 4 rings (SSSR count). The molecule has 202 valence electrons. The molecule has 10 heteroatoms. The molecule has 10 nitrogen and oxygen atoms in total. The van der Waals surface area contributed by atoms with Crippen LogP contribution in [-0.2, 0) is 17.9 Å². The highest BCUT2D eigenvalue weighted by Crippen LogP contribution is 2.26. The Kier molecular flexibility index (Phi) is 8.14. The third-order valence-electron chi connectivity index (χ3n) is 6.21. The van der Waals surface area contributed by atoms with Crippen molar-refractivity contribution in [1.29, 1.82) is 0 Å². The van der Waals surface area contributed by atoms with Gasteiger partial charge in [-0.15, -0.1) is 4.74 Å². The number of hydrogen-bond acceptors (Lipinski definition) is 6. The molecule has 0 atom stereocenters. The highest BCUT2D eigenvalue weighted by molar-refractivity contribution is 5.97. The predicted molar refractivity (Wildman–Crippen MR) is 146 cm³/mol. The van der Waals surface area contributed by atoms with Crippen molar-refractivity contribution in [3.63, 3.8) is 0 Å². The summed E-state index contributed by atoms with van der Waals surface area (Å²) in [6, 6.07) is 20.7. The highest BCUT2D eigenvalue weighted by atomic mass is 16.5. The van der Waals surface area contributed by atoms with E-state index in [1.54, 1.807) is 51.5 Å². The Morgan fingerprint density at radius 3 is 2.33 bits per heavy atom. The van der Waals surface area contributed by atoms with Gasteiger partial charge in [-0.25, -0.2) is 14.6 Å². The molecule has 0 saturated carbocycles. The molecule has 1 heterocycles. The molecule has 1 aromatic heterocycles.